The Hall–Kier alpha value is -10.6. The zero-order chi connectivity index (χ0) is 66.9. The first-order valence-electron chi connectivity index (χ1n) is 29.8. The zero-order valence-corrected chi connectivity index (χ0v) is 54.0. The minimum Gasteiger partial charge on any atom is -0.465 e. The molecular weight excluding hydrogens is 1210 g/mol. The number of methoxy groups -OCH3 is 2. The monoisotopic (exact) mass is 1280 g/mol. The summed E-state index contributed by atoms with van der Waals surface area (Å²) >= 11 is 5.52. The van der Waals surface area contributed by atoms with Crippen LogP contribution in [0.5, 0.6) is 0 Å². The van der Waals surface area contributed by atoms with Crippen LogP contribution in [0.25, 0.3) is 22.9 Å². The predicted molar refractivity (Wildman–Crippen MR) is 353 cm³/mol. The number of halogens is 2. The van der Waals surface area contributed by atoms with E-state index in [4.69, 9.17) is 43.6 Å². The van der Waals surface area contributed by atoms with E-state index >= 15 is 0 Å². The normalized spacial score (nSPS) is 13.4. The van der Waals surface area contributed by atoms with Crippen LogP contribution in [0.4, 0.5) is 39.7 Å². The Labute approximate surface area is 542 Å². The Bertz CT molecular complexity index is 3830. The average molecular weight is 1280 g/mol. The second-order valence-electron chi connectivity index (χ2n) is 22.2. The lowest BCUT2D eigenvalue weighted by atomic mass is 10.1. The first-order valence-corrected chi connectivity index (χ1v) is 30.2. The van der Waals surface area contributed by atoms with Crippen molar-refractivity contribution < 1.29 is 32.5 Å². The fraction of sp³-hybridized carbons (Fsp3) is 0.303. The molecule has 0 saturated heterocycles. The van der Waals surface area contributed by atoms with Gasteiger partial charge >= 0.3 is 18.0 Å². The highest BCUT2D eigenvalue weighted by Crippen LogP contribution is 2.40. The van der Waals surface area contributed by atoms with Crippen LogP contribution in [0.2, 0.25) is 5.15 Å². The molecule has 2 fully saturated rings. The van der Waals surface area contributed by atoms with Crippen molar-refractivity contribution in [3.8, 4) is 22.9 Å². The molecule has 27 heteroatoms. The second kappa shape index (κ2) is 31.9. The molecule has 2 aliphatic carbocycles. The van der Waals surface area contributed by atoms with Gasteiger partial charge in [-0.1, -0.05) is 70.4 Å². The van der Waals surface area contributed by atoms with E-state index in [-0.39, 0.29) is 54.0 Å². The molecule has 4 atom stereocenters. The van der Waals surface area contributed by atoms with E-state index in [1.165, 1.54) is 14.2 Å². The van der Waals surface area contributed by atoms with Crippen molar-refractivity contribution in [2.45, 2.75) is 117 Å². The van der Waals surface area contributed by atoms with E-state index in [2.05, 4.69) is 92.5 Å². The lowest BCUT2D eigenvalue weighted by Gasteiger charge is -2.15. The molecule has 12 rings (SSSR count). The van der Waals surface area contributed by atoms with Crippen molar-refractivity contribution in [2.75, 3.05) is 47.4 Å². The SMILES string of the molecule is COC(=O)c1ccc([C@H](C)N)cc1.COC(=O)c1ccc([C@H](C)Nc2cc(C)nc(N)n2)cc1.Cc1cc(Cl)nc(N)n1.Cc1cc(N[C@@H](C)c2ccc(-c3nc(C4CC4)no3)cc2)nc(F)n1.Cc1cc(N[C@@H](C)c2ccc(-c3nc(C4CC4)no3)cc2)nc(N)n1. The average Bonchev–Trinajstić information content (AvgIpc) is 1.79. The van der Waals surface area contributed by atoms with Crippen molar-refractivity contribution in [1.82, 2.24) is 60.2 Å². The molecular formula is C66H75ClFN19O6. The number of aromatic nitrogens is 12. The second-order valence-corrected chi connectivity index (χ2v) is 22.6. The van der Waals surface area contributed by atoms with Gasteiger partial charge in [0, 0.05) is 88.1 Å². The summed E-state index contributed by atoms with van der Waals surface area (Å²) in [5.41, 5.74) is 32.3. The van der Waals surface area contributed by atoms with Crippen LogP contribution in [-0.4, -0.2) is 86.3 Å². The van der Waals surface area contributed by atoms with Gasteiger partial charge in [0.25, 0.3) is 11.8 Å². The highest BCUT2D eigenvalue weighted by Gasteiger charge is 2.30. The molecule has 4 aromatic carbocycles. The molecule has 10 aromatic rings. The van der Waals surface area contributed by atoms with Crippen molar-refractivity contribution in [1.29, 1.82) is 0 Å². The summed E-state index contributed by atoms with van der Waals surface area (Å²) < 4.78 is 33.2. The zero-order valence-electron chi connectivity index (χ0n) is 53.2. The summed E-state index contributed by atoms with van der Waals surface area (Å²) in [6.07, 6.45) is 3.88. The van der Waals surface area contributed by atoms with E-state index in [9.17, 15) is 14.0 Å². The number of hydrogen-bond acceptors (Lipinski definition) is 25. The number of rotatable bonds is 16. The Morgan fingerprint density at radius 1 is 0.484 bits per heavy atom. The molecule has 6 heterocycles. The number of aryl methyl sites for hydroxylation is 4. The number of nitrogen functional groups attached to an aromatic ring is 3. The molecule has 25 nitrogen and oxygen atoms in total. The van der Waals surface area contributed by atoms with Crippen molar-refractivity contribution in [2.24, 2.45) is 5.73 Å². The van der Waals surface area contributed by atoms with Gasteiger partial charge in [0.15, 0.2) is 11.6 Å². The highest BCUT2D eigenvalue weighted by molar-refractivity contribution is 6.29. The maximum atomic E-state index is 13.3. The fourth-order valence-electron chi connectivity index (χ4n) is 9.02. The van der Waals surface area contributed by atoms with Crippen LogP contribution >= 0.6 is 11.6 Å². The lowest BCUT2D eigenvalue weighted by molar-refractivity contribution is 0.0592. The van der Waals surface area contributed by atoms with Crippen LogP contribution in [-0.2, 0) is 9.47 Å². The number of carbonyl (C=O) groups is 2. The quantitative estimate of drug-likeness (QED) is 0.0268. The summed E-state index contributed by atoms with van der Waals surface area (Å²) in [6.45, 7) is 15.2. The van der Waals surface area contributed by atoms with Gasteiger partial charge in [-0.3, -0.25) is 0 Å². The number of carbonyl (C=O) groups excluding carboxylic acids is 2. The molecule has 0 spiro atoms. The predicted octanol–water partition coefficient (Wildman–Crippen LogP) is 12.3. The number of nitrogens with one attached hydrogen (secondary N) is 3. The largest absolute Gasteiger partial charge is 0.465 e. The van der Waals surface area contributed by atoms with E-state index < -0.39 is 6.08 Å². The van der Waals surface area contributed by atoms with E-state index in [1.54, 1.807) is 43.3 Å². The van der Waals surface area contributed by atoms with E-state index in [0.717, 1.165) is 87.8 Å². The third-order valence-electron chi connectivity index (χ3n) is 14.3. The number of ether oxygens (including phenoxy) is 2. The summed E-state index contributed by atoms with van der Waals surface area (Å²) in [5.74, 6) is 5.63. The number of esters is 2. The van der Waals surface area contributed by atoms with Gasteiger partial charge in [-0.05, 0) is 158 Å². The summed E-state index contributed by atoms with van der Waals surface area (Å²) in [6, 6.07) is 37.4. The minimum absolute atomic E-state index is 0.00769. The molecule has 0 aliphatic heterocycles. The number of hydrogen-bond donors (Lipinski definition) is 7. The lowest BCUT2D eigenvalue weighted by Crippen LogP contribution is -2.10. The van der Waals surface area contributed by atoms with Crippen molar-refractivity contribution in [3.05, 3.63) is 200 Å². The standard InChI is InChI=1S/C18H18FN5O.C18H20N6O.C15H18N4O2.C10H13NO2.C5H6ClN3/c2*1-10-9-15(22-18(19)20-10)21-11(2)12-3-7-14(8-4-12)17-23-16(24-25-17)13-5-6-13;1-9-8-13(19-15(16)17-9)18-10(2)11-4-6-12(7-5-11)14(20)21-3;1-7(11)8-3-5-9(6-4-8)10(12)13-2;1-3-2-4(6)9-5(7)8-3/h3-4,7-9,11,13H,5-6H2,1-2H3,(H,20,21,22);3-4,7-9,11,13H,5-6H2,1-2H3,(H3,19,20,21,22);4-8,10H,1-3H3,(H3,16,17,18,19);3-7H,11H2,1-2H3;2H,1H3,(H2,7,8,9)/t2*11-;10-;7-;/m0000./s1. The summed E-state index contributed by atoms with van der Waals surface area (Å²) in [4.78, 5) is 62.7. The van der Waals surface area contributed by atoms with Crippen LogP contribution in [0, 0.1) is 33.8 Å². The molecule has 2 aliphatic rings. The van der Waals surface area contributed by atoms with Crippen molar-refractivity contribution >= 4 is 58.8 Å². The molecule has 2 saturated carbocycles. The highest BCUT2D eigenvalue weighted by atomic mass is 35.5. The molecule has 0 bridgehead atoms. The Kier molecular flexibility index (Phi) is 23.4. The molecule has 93 heavy (non-hydrogen) atoms. The van der Waals surface area contributed by atoms with Gasteiger partial charge in [-0.15, -0.1) is 0 Å². The van der Waals surface area contributed by atoms with E-state index in [0.29, 0.717) is 63.0 Å². The molecule has 0 amide bonds. The minimum atomic E-state index is -0.729. The first-order chi connectivity index (χ1) is 44.5. The maximum absolute atomic E-state index is 13.3. The Morgan fingerprint density at radius 3 is 1.14 bits per heavy atom. The van der Waals surface area contributed by atoms with Crippen molar-refractivity contribution in [3.63, 3.8) is 0 Å². The molecule has 484 valence electrons. The fourth-order valence-corrected chi connectivity index (χ4v) is 9.26. The number of benzene rings is 4. The van der Waals surface area contributed by atoms with E-state index in [1.807, 2.05) is 126 Å². The maximum Gasteiger partial charge on any atom is 0.337 e. The molecule has 11 N–H and O–H groups in total. The van der Waals surface area contributed by atoms with Crippen LogP contribution in [0.3, 0.4) is 0 Å². The van der Waals surface area contributed by atoms with Gasteiger partial charge in [-0.25, -0.2) is 34.5 Å². The Balaban J connectivity index is 0.000000155. The molecule has 0 unspecified atom stereocenters. The van der Waals surface area contributed by atoms with Crippen LogP contribution < -0.4 is 38.9 Å². The molecule has 6 aromatic heterocycles. The summed E-state index contributed by atoms with van der Waals surface area (Å²) in [5, 5.41) is 18.3. The smallest absolute Gasteiger partial charge is 0.337 e. The third kappa shape index (κ3) is 20.7. The number of anilines is 6. The van der Waals surface area contributed by atoms with Crippen LogP contribution in [0.1, 0.15) is 167 Å². The number of nitrogens with two attached hydrogens (primary N) is 4. The molecule has 0 radical (unpaired) electrons. The van der Waals surface area contributed by atoms with Gasteiger partial charge < -0.3 is 57.4 Å². The Morgan fingerprint density at radius 2 is 0.817 bits per heavy atom. The van der Waals surface area contributed by atoms with Gasteiger partial charge in [0.05, 0.1) is 25.3 Å². The third-order valence-corrected chi connectivity index (χ3v) is 14.5. The van der Waals surface area contributed by atoms with Gasteiger partial charge in [-0.2, -0.15) is 29.3 Å². The first kappa shape index (κ1) is 68.3. The van der Waals surface area contributed by atoms with Gasteiger partial charge in [0.2, 0.25) is 17.8 Å². The van der Waals surface area contributed by atoms with Gasteiger partial charge in [0.1, 0.15) is 22.6 Å². The number of nitrogens with zero attached hydrogens (tertiary/aromatic N) is 12. The van der Waals surface area contributed by atoms with Crippen LogP contribution in [0.15, 0.2) is 130 Å². The summed E-state index contributed by atoms with van der Waals surface area (Å²) in [7, 11) is 2.73. The topological polar surface area (TPSA) is 374 Å².